The maximum Gasteiger partial charge on any atom is 0.255 e. The van der Waals surface area contributed by atoms with Gasteiger partial charge in [-0.1, -0.05) is 35.3 Å². The minimum absolute atomic E-state index is 0.259. The molecule has 0 saturated heterocycles. The molecule has 2 aromatic carbocycles. The second-order valence-corrected chi connectivity index (χ2v) is 7.10. The van der Waals surface area contributed by atoms with Gasteiger partial charge in [-0.05, 0) is 35.9 Å². The van der Waals surface area contributed by atoms with E-state index >= 15 is 0 Å². The molecule has 0 unspecified atom stereocenters. The number of hydrogen-bond acceptors (Lipinski definition) is 3. The molecule has 0 aliphatic rings. The Morgan fingerprint density at radius 1 is 1.05 bits per heavy atom. The number of carbonyl (C=O) groups excluding carboxylic acids is 1. The third-order valence-corrected chi connectivity index (χ3v) is 3.88. The van der Waals surface area contributed by atoms with Crippen molar-refractivity contribution in [3.63, 3.8) is 0 Å². The molecule has 0 spiro atoms. The maximum atomic E-state index is 12.1. The summed E-state index contributed by atoms with van der Waals surface area (Å²) in [5, 5.41) is 8.36. The van der Waals surface area contributed by atoms with Gasteiger partial charge in [-0.25, -0.2) is 13.6 Å². The van der Waals surface area contributed by atoms with Crippen molar-refractivity contribution in [1.82, 2.24) is 0 Å². The lowest BCUT2D eigenvalue weighted by molar-refractivity contribution is 0.102. The first-order valence-electron chi connectivity index (χ1n) is 6.10. The van der Waals surface area contributed by atoms with Gasteiger partial charge in [-0.2, -0.15) is 0 Å². The molecule has 1 amide bonds. The predicted molar refractivity (Wildman–Crippen MR) is 87.7 cm³/mol. The van der Waals surface area contributed by atoms with Gasteiger partial charge in [0.25, 0.3) is 5.91 Å². The van der Waals surface area contributed by atoms with Crippen molar-refractivity contribution in [2.24, 2.45) is 5.14 Å². The highest BCUT2D eigenvalue weighted by molar-refractivity contribution is 7.88. The van der Waals surface area contributed by atoms with Gasteiger partial charge in [-0.3, -0.25) is 4.79 Å². The SMILES string of the molecule is NS(=O)(=O)Cc1ccc(NC(=O)c2cc(Cl)cc(Cl)c2)cc1. The van der Waals surface area contributed by atoms with Crippen LogP contribution in [0, 0.1) is 0 Å². The van der Waals surface area contributed by atoms with Gasteiger partial charge in [0.2, 0.25) is 10.0 Å². The molecular weight excluding hydrogens is 347 g/mol. The van der Waals surface area contributed by atoms with Crippen LogP contribution in [-0.4, -0.2) is 14.3 Å². The Morgan fingerprint density at radius 3 is 2.09 bits per heavy atom. The first-order chi connectivity index (χ1) is 10.2. The van der Waals surface area contributed by atoms with Crippen LogP contribution in [0.2, 0.25) is 10.0 Å². The van der Waals surface area contributed by atoms with E-state index < -0.39 is 10.0 Å². The first kappa shape index (κ1) is 16.8. The summed E-state index contributed by atoms with van der Waals surface area (Å²) in [6.07, 6.45) is 0. The highest BCUT2D eigenvalue weighted by atomic mass is 35.5. The van der Waals surface area contributed by atoms with E-state index in [0.717, 1.165) is 0 Å². The highest BCUT2D eigenvalue weighted by Gasteiger charge is 2.09. The summed E-state index contributed by atoms with van der Waals surface area (Å²) in [4.78, 5) is 12.1. The number of hydrogen-bond donors (Lipinski definition) is 2. The van der Waals surface area contributed by atoms with E-state index in [9.17, 15) is 13.2 Å². The summed E-state index contributed by atoms with van der Waals surface area (Å²) >= 11 is 11.7. The van der Waals surface area contributed by atoms with Crippen LogP contribution in [0.4, 0.5) is 5.69 Å². The molecule has 0 bridgehead atoms. The fourth-order valence-electron chi connectivity index (χ4n) is 1.80. The summed E-state index contributed by atoms with van der Waals surface area (Å²) < 4.78 is 22.0. The predicted octanol–water partition coefficient (Wildman–Crippen LogP) is 3.03. The Balaban J connectivity index is 2.12. The van der Waals surface area contributed by atoms with Crippen molar-refractivity contribution >= 4 is 44.8 Å². The van der Waals surface area contributed by atoms with Crippen molar-refractivity contribution < 1.29 is 13.2 Å². The molecule has 0 atom stereocenters. The number of anilines is 1. The molecule has 3 N–H and O–H groups in total. The number of halogens is 2. The lowest BCUT2D eigenvalue weighted by atomic mass is 10.2. The molecule has 2 aromatic rings. The molecule has 0 fully saturated rings. The Labute approximate surface area is 138 Å². The highest BCUT2D eigenvalue weighted by Crippen LogP contribution is 2.20. The van der Waals surface area contributed by atoms with Crippen LogP contribution in [0.3, 0.4) is 0 Å². The van der Waals surface area contributed by atoms with Crippen molar-refractivity contribution in [2.45, 2.75) is 5.75 Å². The van der Waals surface area contributed by atoms with Crippen molar-refractivity contribution in [2.75, 3.05) is 5.32 Å². The molecule has 0 aliphatic carbocycles. The van der Waals surface area contributed by atoms with E-state index in [1.54, 1.807) is 24.3 Å². The first-order valence-corrected chi connectivity index (χ1v) is 8.57. The van der Waals surface area contributed by atoms with Crippen LogP contribution in [0.25, 0.3) is 0 Å². The minimum atomic E-state index is -3.58. The van der Waals surface area contributed by atoms with Gasteiger partial charge in [0.15, 0.2) is 0 Å². The van der Waals surface area contributed by atoms with Gasteiger partial charge in [0.05, 0.1) is 5.75 Å². The van der Waals surface area contributed by atoms with Crippen LogP contribution < -0.4 is 10.5 Å². The third-order valence-electron chi connectivity index (χ3n) is 2.70. The van der Waals surface area contributed by atoms with Gasteiger partial charge >= 0.3 is 0 Å². The van der Waals surface area contributed by atoms with E-state index in [2.05, 4.69) is 5.32 Å². The number of primary sulfonamides is 1. The zero-order chi connectivity index (χ0) is 16.3. The Hall–Kier alpha value is -1.60. The lowest BCUT2D eigenvalue weighted by Crippen LogP contribution is -2.15. The standard InChI is InChI=1S/C14H12Cl2N2O3S/c15-11-5-10(6-12(16)7-11)14(19)18-13-3-1-9(2-4-13)8-22(17,20)21/h1-7H,8H2,(H,18,19)(H2,17,20,21). The van der Waals surface area contributed by atoms with Crippen molar-refractivity contribution in [3.05, 3.63) is 63.6 Å². The van der Waals surface area contributed by atoms with Crippen LogP contribution >= 0.6 is 23.2 Å². The topological polar surface area (TPSA) is 89.3 Å². The molecule has 22 heavy (non-hydrogen) atoms. The Bertz CT molecular complexity index is 785. The maximum absolute atomic E-state index is 12.1. The van der Waals surface area contributed by atoms with E-state index in [0.29, 0.717) is 26.9 Å². The largest absolute Gasteiger partial charge is 0.322 e. The zero-order valence-corrected chi connectivity index (χ0v) is 13.5. The number of nitrogens with one attached hydrogen (secondary N) is 1. The zero-order valence-electron chi connectivity index (χ0n) is 11.2. The second-order valence-electron chi connectivity index (χ2n) is 4.62. The average Bonchev–Trinajstić information content (AvgIpc) is 2.38. The molecule has 116 valence electrons. The van der Waals surface area contributed by atoms with Gasteiger partial charge < -0.3 is 5.32 Å². The van der Waals surface area contributed by atoms with Gasteiger partial charge in [0.1, 0.15) is 0 Å². The van der Waals surface area contributed by atoms with Crippen molar-refractivity contribution in [1.29, 1.82) is 0 Å². The van der Waals surface area contributed by atoms with Crippen LogP contribution in [0.1, 0.15) is 15.9 Å². The van der Waals surface area contributed by atoms with Crippen molar-refractivity contribution in [3.8, 4) is 0 Å². The summed E-state index contributed by atoms with van der Waals surface area (Å²) in [6, 6.07) is 10.9. The normalized spacial score (nSPS) is 11.2. The number of rotatable bonds is 4. The van der Waals surface area contributed by atoms with Crippen LogP contribution in [0.5, 0.6) is 0 Å². The molecule has 0 aromatic heterocycles. The summed E-state index contributed by atoms with van der Waals surface area (Å²) in [5.74, 6) is -0.630. The van der Waals surface area contributed by atoms with E-state index in [-0.39, 0.29) is 11.7 Å². The minimum Gasteiger partial charge on any atom is -0.322 e. The van der Waals surface area contributed by atoms with E-state index in [1.165, 1.54) is 18.2 Å². The molecule has 2 rings (SSSR count). The molecule has 0 saturated carbocycles. The third kappa shape index (κ3) is 4.99. The number of amides is 1. The quantitative estimate of drug-likeness (QED) is 0.879. The van der Waals surface area contributed by atoms with Gasteiger partial charge in [0, 0.05) is 21.3 Å². The molecule has 0 heterocycles. The molecule has 0 aliphatic heterocycles. The second kappa shape index (κ2) is 6.66. The van der Waals surface area contributed by atoms with Crippen LogP contribution in [-0.2, 0) is 15.8 Å². The summed E-state index contributed by atoms with van der Waals surface area (Å²) in [6.45, 7) is 0. The van der Waals surface area contributed by atoms with Crippen LogP contribution in [0.15, 0.2) is 42.5 Å². The molecular formula is C14H12Cl2N2O3S. The average molecular weight is 359 g/mol. The molecule has 8 heteroatoms. The summed E-state index contributed by atoms with van der Waals surface area (Å²) in [7, 11) is -3.58. The number of benzene rings is 2. The fourth-order valence-corrected chi connectivity index (χ4v) is 2.99. The number of carbonyl (C=O) groups is 1. The summed E-state index contributed by atoms with van der Waals surface area (Å²) in [5.41, 5.74) is 1.37. The van der Waals surface area contributed by atoms with E-state index in [1.807, 2.05) is 0 Å². The molecule has 5 nitrogen and oxygen atoms in total. The molecule has 0 radical (unpaired) electrons. The lowest BCUT2D eigenvalue weighted by Gasteiger charge is -2.07. The Morgan fingerprint density at radius 2 is 1.59 bits per heavy atom. The Kier molecular flexibility index (Phi) is 5.08. The fraction of sp³-hybridized carbons (Fsp3) is 0.0714. The van der Waals surface area contributed by atoms with Gasteiger partial charge in [-0.15, -0.1) is 0 Å². The van der Waals surface area contributed by atoms with E-state index in [4.69, 9.17) is 28.3 Å². The smallest absolute Gasteiger partial charge is 0.255 e. The number of sulfonamides is 1. The number of nitrogens with two attached hydrogens (primary N) is 1. The monoisotopic (exact) mass is 358 g/mol.